The molecular weight excluding hydrogens is 466 g/mol. The van der Waals surface area contributed by atoms with Crippen LogP contribution in [0.4, 0.5) is 11.5 Å². The highest BCUT2D eigenvalue weighted by atomic mass is 16.5. The van der Waals surface area contributed by atoms with E-state index >= 15 is 0 Å². The highest BCUT2D eigenvalue weighted by molar-refractivity contribution is 5.92. The Hall–Kier alpha value is -4.30. The molecule has 0 atom stereocenters. The number of aryl methyl sites for hydroxylation is 2. The summed E-state index contributed by atoms with van der Waals surface area (Å²) in [7, 11) is 1.58. The number of anilines is 2. The minimum Gasteiger partial charge on any atom is -0.455 e. The van der Waals surface area contributed by atoms with E-state index < -0.39 is 5.60 Å². The van der Waals surface area contributed by atoms with Gasteiger partial charge in [0.25, 0.3) is 5.91 Å². The second-order valence-electron chi connectivity index (χ2n) is 9.15. The molecule has 0 spiro atoms. The lowest BCUT2D eigenvalue weighted by Gasteiger charge is -2.13. The number of ether oxygens (including phenoxy) is 2. The first kappa shape index (κ1) is 24.4. The fourth-order valence-electron chi connectivity index (χ4n) is 4.04. The molecule has 0 bridgehead atoms. The van der Waals surface area contributed by atoms with E-state index in [-0.39, 0.29) is 5.91 Å². The summed E-state index contributed by atoms with van der Waals surface area (Å²) in [6, 6.07) is 15.7. The highest BCUT2D eigenvalue weighted by Gasteiger charge is 2.50. The summed E-state index contributed by atoms with van der Waals surface area (Å²) in [4.78, 5) is 25.4. The second-order valence-corrected chi connectivity index (χ2v) is 9.15. The van der Waals surface area contributed by atoms with Gasteiger partial charge in [-0.15, -0.1) is 0 Å². The molecule has 2 aromatic carbocycles. The molecule has 0 aliphatic heterocycles. The van der Waals surface area contributed by atoms with Gasteiger partial charge in [0, 0.05) is 30.4 Å². The number of amides is 1. The van der Waals surface area contributed by atoms with Crippen molar-refractivity contribution in [3.63, 3.8) is 0 Å². The molecule has 8 nitrogen and oxygen atoms in total. The first-order chi connectivity index (χ1) is 18.0. The number of carbonyl (C=O) groups excluding carboxylic acids is 1. The molecule has 2 heterocycles. The normalized spacial score (nSPS) is 14.0. The number of methoxy groups -OCH3 is 1. The lowest BCUT2D eigenvalue weighted by Crippen LogP contribution is -2.37. The van der Waals surface area contributed by atoms with Crippen LogP contribution in [0.3, 0.4) is 0 Å². The maximum Gasteiger partial charge on any atom is 0.252 e. The minimum absolute atomic E-state index is 0.0553. The van der Waals surface area contributed by atoms with Gasteiger partial charge in [0.05, 0.1) is 11.7 Å². The zero-order chi connectivity index (χ0) is 25.8. The average Bonchev–Trinajstić information content (AvgIpc) is 3.71. The van der Waals surface area contributed by atoms with Crippen molar-refractivity contribution in [2.75, 3.05) is 19.0 Å². The molecule has 1 amide bonds. The van der Waals surface area contributed by atoms with Crippen LogP contribution >= 0.6 is 0 Å². The van der Waals surface area contributed by atoms with Crippen molar-refractivity contribution in [1.29, 1.82) is 0 Å². The van der Waals surface area contributed by atoms with Gasteiger partial charge in [-0.25, -0.2) is 9.97 Å². The average molecular weight is 496 g/mol. The summed E-state index contributed by atoms with van der Waals surface area (Å²) < 4.78 is 11.3. The van der Waals surface area contributed by atoms with E-state index in [1.807, 2.05) is 74.5 Å². The lowest BCUT2D eigenvalue weighted by molar-refractivity contribution is -0.133. The summed E-state index contributed by atoms with van der Waals surface area (Å²) in [6.07, 6.45) is 8.72. The predicted molar refractivity (Wildman–Crippen MR) is 144 cm³/mol. The van der Waals surface area contributed by atoms with Gasteiger partial charge in [-0.1, -0.05) is 18.2 Å². The van der Waals surface area contributed by atoms with E-state index in [2.05, 4.69) is 25.6 Å². The highest BCUT2D eigenvalue weighted by Crippen LogP contribution is 2.38. The van der Waals surface area contributed by atoms with Crippen molar-refractivity contribution in [2.45, 2.75) is 32.3 Å². The largest absolute Gasteiger partial charge is 0.455 e. The third kappa shape index (κ3) is 5.59. The fourth-order valence-corrected chi connectivity index (χ4v) is 4.04. The number of rotatable bonds is 9. The van der Waals surface area contributed by atoms with Gasteiger partial charge >= 0.3 is 0 Å². The summed E-state index contributed by atoms with van der Waals surface area (Å²) in [5, 5.41) is 7.22. The fraction of sp³-hybridized carbons (Fsp3) is 0.241. The predicted octanol–water partition coefficient (Wildman–Crippen LogP) is 5.49. The molecule has 188 valence electrons. The van der Waals surface area contributed by atoms with Gasteiger partial charge in [0.15, 0.2) is 0 Å². The van der Waals surface area contributed by atoms with Crippen LogP contribution in [-0.4, -0.2) is 40.1 Å². The molecular formula is C29H29N5O3. The summed E-state index contributed by atoms with van der Waals surface area (Å²) in [5.74, 6) is 2.11. The molecule has 2 N–H and O–H groups in total. The quantitative estimate of drug-likeness (QED) is 0.317. The Kier molecular flexibility index (Phi) is 6.83. The van der Waals surface area contributed by atoms with Gasteiger partial charge in [-0.05, 0) is 80.3 Å². The lowest BCUT2D eigenvalue weighted by atomic mass is 10.1. The van der Waals surface area contributed by atoms with Crippen LogP contribution in [0.2, 0.25) is 0 Å². The van der Waals surface area contributed by atoms with Crippen LogP contribution in [0.25, 0.3) is 17.0 Å². The molecule has 0 saturated heterocycles. The number of hydrogen-bond donors (Lipinski definition) is 2. The van der Waals surface area contributed by atoms with Crippen LogP contribution in [0, 0.1) is 13.8 Å². The van der Waals surface area contributed by atoms with Crippen molar-refractivity contribution in [3.05, 3.63) is 84.0 Å². The Morgan fingerprint density at radius 2 is 1.92 bits per heavy atom. The molecule has 0 unspecified atom stereocenters. The van der Waals surface area contributed by atoms with Crippen LogP contribution in [-0.2, 0) is 9.53 Å². The van der Waals surface area contributed by atoms with E-state index in [0.29, 0.717) is 18.1 Å². The number of nitrogens with zero attached hydrogens (tertiary/aromatic N) is 3. The monoisotopic (exact) mass is 495 g/mol. The zero-order valence-electron chi connectivity index (χ0n) is 21.1. The van der Waals surface area contributed by atoms with E-state index in [4.69, 9.17) is 9.47 Å². The third-order valence-corrected chi connectivity index (χ3v) is 6.41. The molecule has 1 saturated carbocycles. The minimum atomic E-state index is -0.616. The Morgan fingerprint density at radius 3 is 2.65 bits per heavy atom. The molecule has 1 aliphatic carbocycles. The van der Waals surface area contributed by atoms with Crippen molar-refractivity contribution in [1.82, 2.24) is 20.3 Å². The first-order valence-electron chi connectivity index (χ1n) is 12.2. The molecule has 37 heavy (non-hydrogen) atoms. The van der Waals surface area contributed by atoms with Crippen molar-refractivity contribution < 1.29 is 14.3 Å². The molecule has 2 aromatic heterocycles. The van der Waals surface area contributed by atoms with E-state index in [0.717, 1.165) is 52.0 Å². The second kappa shape index (κ2) is 10.4. The Bertz CT molecular complexity index is 1460. The van der Waals surface area contributed by atoms with Gasteiger partial charge in [0.1, 0.15) is 29.2 Å². The molecule has 5 rings (SSSR count). The molecule has 1 aliphatic rings. The molecule has 0 radical (unpaired) electrons. The Balaban J connectivity index is 1.28. The first-order valence-corrected chi connectivity index (χ1v) is 12.2. The van der Waals surface area contributed by atoms with Crippen molar-refractivity contribution >= 4 is 34.4 Å². The van der Waals surface area contributed by atoms with Crippen LogP contribution in [0.15, 0.2) is 67.1 Å². The number of hydrogen-bond acceptors (Lipinski definition) is 7. The summed E-state index contributed by atoms with van der Waals surface area (Å²) in [5.41, 5.74) is 4.02. The Labute approximate surface area is 215 Å². The topological polar surface area (TPSA) is 98.3 Å². The molecule has 8 heteroatoms. The van der Waals surface area contributed by atoms with Gasteiger partial charge in [-0.3, -0.25) is 9.78 Å². The summed E-state index contributed by atoms with van der Waals surface area (Å²) >= 11 is 0. The molecule has 4 aromatic rings. The van der Waals surface area contributed by atoms with Crippen molar-refractivity contribution in [3.8, 4) is 11.5 Å². The van der Waals surface area contributed by atoms with Crippen molar-refractivity contribution in [2.24, 2.45) is 0 Å². The Morgan fingerprint density at radius 1 is 1.05 bits per heavy atom. The number of pyridine rings is 1. The van der Waals surface area contributed by atoms with E-state index in [1.54, 1.807) is 19.6 Å². The zero-order valence-corrected chi connectivity index (χ0v) is 21.1. The van der Waals surface area contributed by atoms with Gasteiger partial charge in [-0.2, -0.15) is 0 Å². The van der Waals surface area contributed by atoms with Gasteiger partial charge < -0.3 is 20.1 Å². The number of aromatic nitrogens is 3. The number of nitrogens with one attached hydrogen (secondary N) is 2. The molecule has 1 fully saturated rings. The SMILES string of the molecule is COC1(C(=O)NCC=Cc2ccc3ncnc(Nc4ccc(Oc5ccc(C)nc5)c(C)c4)c3c2)CC1. The van der Waals surface area contributed by atoms with Crippen LogP contribution < -0.4 is 15.4 Å². The third-order valence-electron chi connectivity index (χ3n) is 6.41. The van der Waals surface area contributed by atoms with Gasteiger partial charge in [0.2, 0.25) is 0 Å². The smallest absolute Gasteiger partial charge is 0.252 e. The van der Waals surface area contributed by atoms with E-state index in [1.165, 1.54) is 0 Å². The maximum absolute atomic E-state index is 12.2. The summed E-state index contributed by atoms with van der Waals surface area (Å²) in [6.45, 7) is 4.38. The van der Waals surface area contributed by atoms with E-state index in [9.17, 15) is 4.79 Å². The number of carbonyl (C=O) groups is 1. The standard InChI is InChI=1S/C29H29N5O3/c1-19-15-22(8-11-26(19)37-23-9-6-20(2)31-17-23)34-27-24-16-21(7-10-25(24)32-18-33-27)5-4-14-30-28(35)29(36-3)12-13-29/h4-11,15-18H,12-14H2,1-3H3,(H,30,35)(H,32,33,34). The number of benzene rings is 2. The maximum atomic E-state index is 12.2. The van der Waals surface area contributed by atoms with Crippen LogP contribution in [0.5, 0.6) is 11.5 Å². The number of fused-ring (bicyclic) bond motifs is 1. The van der Waals surface area contributed by atoms with Crippen LogP contribution in [0.1, 0.15) is 29.7 Å².